The van der Waals surface area contributed by atoms with E-state index in [2.05, 4.69) is 28.6 Å². The summed E-state index contributed by atoms with van der Waals surface area (Å²) in [6.45, 7) is 0.230. The van der Waals surface area contributed by atoms with Crippen LogP contribution >= 0.6 is 0 Å². The summed E-state index contributed by atoms with van der Waals surface area (Å²) < 4.78 is 1.80. The third-order valence-corrected chi connectivity index (χ3v) is 8.62. The smallest absolute Gasteiger partial charge is 0.317 e. The van der Waals surface area contributed by atoms with Crippen molar-refractivity contribution in [3.63, 3.8) is 0 Å². The Morgan fingerprint density at radius 3 is 2.41 bits per heavy atom. The first-order chi connectivity index (χ1) is 19.1. The van der Waals surface area contributed by atoms with Crippen LogP contribution in [0.5, 0.6) is 0 Å². The quantitative estimate of drug-likeness (QED) is 0.346. The number of hydrogen-bond donors (Lipinski definition) is 3. The molecule has 2 amide bonds. The number of aliphatic hydroxyl groups excluding tert-OH is 1. The van der Waals surface area contributed by atoms with E-state index < -0.39 is 0 Å². The summed E-state index contributed by atoms with van der Waals surface area (Å²) in [5, 5.41) is 16.6. The number of benzene rings is 1. The highest BCUT2D eigenvalue weighted by Crippen LogP contribution is 2.50. The molecule has 2 bridgehead atoms. The van der Waals surface area contributed by atoms with Crippen molar-refractivity contribution in [1.29, 1.82) is 0 Å². The summed E-state index contributed by atoms with van der Waals surface area (Å²) in [5.74, 6) is 1.36. The minimum absolute atomic E-state index is 0.0519. The maximum absolute atomic E-state index is 12.8. The number of amides is 2. The van der Waals surface area contributed by atoms with Gasteiger partial charge in [0.25, 0.3) is 0 Å². The van der Waals surface area contributed by atoms with Crippen LogP contribution in [0.1, 0.15) is 61.6 Å². The van der Waals surface area contributed by atoms with Gasteiger partial charge in [-0.1, -0.05) is 36.4 Å². The molecule has 4 N–H and O–H groups in total. The standard InChI is InChI=1S/C30H33N7O2/c31-28-26(19-6-7-19)27(21-14-22-9-10-23(15-21)36(22)30(39)32-12-13-38)35-29-24(17-34-37(28)29)20-8-11-25(33-16-20)18-4-2-1-3-5-18/h1-5,8,11,16-17,19,21-23,38H,6-7,9-10,12-15,31H2,(H,32,39)/t21-,22-,23+. The molecule has 3 aromatic heterocycles. The van der Waals surface area contributed by atoms with Gasteiger partial charge in [-0.3, -0.25) is 4.98 Å². The van der Waals surface area contributed by atoms with Gasteiger partial charge < -0.3 is 21.1 Å². The summed E-state index contributed by atoms with van der Waals surface area (Å²) in [5.41, 5.74) is 13.7. The van der Waals surface area contributed by atoms with Crippen molar-refractivity contribution >= 4 is 17.5 Å². The molecular formula is C30H33N7O2. The molecule has 39 heavy (non-hydrogen) atoms. The van der Waals surface area contributed by atoms with Crippen LogP contribution in [-0.2, 0) is 0 Å². The number of nitrogens with one attached hydrogen (secondary N) is 1. The normalized spacial score (nSPS) is 22.4. The molecule has 3 aliphatic rings. The molecule has 1 saturated carbocycles. The van der Waals surface area contributed by atoms with E-state index in [-0.39, 0.29) is 37.2 Å². The number of nitrogens with two attached hydrogens (primary N) is 1. The van der Waals surface area contributed by atoms with Crippen molar-refractivity contribution < 1.29 is 9.90 Å². The van der Waals surface area contributed by atoms with Crippen molar-refractivity contribution in [1.82, 2.24) is 29.8 Å². The lowest BCUT2D eigenvalue weighted by atomic mass is 9.85. The van der Waals surface area contributed by atoms with Gasteiger partial charge in [0.15, 0.2) is 5.65 Å². The fourth-order valence-corrected chi connectivity index (χ4v) is 6.67. The Hall–Kier alpha value is -3.98. The Labute approximate surface area is 227 Å². The fourth-order valence-electron chi connectivity index (χ4n) is 6.67. The zero-order valence-corrected chi connectivity index (χ0v) is 21.8. The molecule has 0 spiro atoms. The summed E-state index contributed by atoms with van der Waals surface area (Å²) in [6, 6.07) is 14.5. The van der Waals surface area contributed by atoms with Crippen LogP contribution in [0.4, 0.5) is 10.6 Å². The number of hydrogen-bond acceptors (Lipinski definition) is 6. The number of aliphatic hydroxyl groups is 1. The Balaban J connectivity index is 1.24. The van der Waals surface area contributed by atoms with Gasteiger partial charge in [0.05, 0.1) is 24.2 Å². The molecule has 1 aromatic carbocycles. The lowest BCUT2D eigenvalue weighted by Gasteiger charge is -2.39. The molecule has 9 nitrogen and oxygen atoms in total. The molecule has 200 valence electrons. The zero-order chi connectivity index (χ0) is 26.5. The molecule has 4 aromatic rings. The lowest BCUT2D eigenvalue weighted by molar-refractivity contribution is 0.135. The molecule has 2 saturated heterocycles. The number of pyridine rings is 1. The molecule has 0 unspecified atom stereocenters. The van der Waals surface area contributed by atoms with Gasteiger partial charge in [-0.15, -0.1) is 0 Å². The van der Waals surface area contributed by atoms with Gasteiger partial charge in [-0.2, -0.15) is 9.61 Å². The Kier molecular flexibility index (Phi) is 5.96. The number of carbonyl (C=O) groups excluding carboxylic acids is 1. The van der Waals surface area contributed by atoms with Crippen LogP contribution < -0.4 is 11.1 Å². The predicted molar refractivity (Wildman–Crippen MR) is 149 cm³/mol. The molecule has 0 radical (unpaired) electrons. The minimum Gasteiger partial charge on any atom is -0.395 e. The van der Waals surface area contributed by atoms with E-state index in [1.165, 1.54) is 0 Å². The number of aromatic nitrogens is 4. The van der Waals surface area contributed by atoms with Crippen molar-refractivity contribution in [2.45, 2.75) is 62.4 Å². The number of carbonyl (C=O) groups is 1. The Morgan fingerprint density at radius 1 is 0.974 bits per heavy atom. The number of fused-ring (bicyclic) bond motifs is 3. The highest BCUT2D eigenvalue weighted by atomic mass is 16.3. The first kappa shape index (κ1) is 24.1. The Bertz CT molecular complexity index is 1500. The van der Waals surface area contributed by atoms with Crippen molar-refractivity contribution in [3.8, 4) is 22.4 Å². The fraction of sp³-hybridized carbons (Fsp3) is 0.400. The molecular weight excluding hydrogens is 490 g/mol. The van der Waals surface area contributed by atoms with Crippen molar-refractivity contribution in [3.05, 3.63) is 66.1 Å². The first-order valence-corrected chi connectivity index (χ1v) is 14.0. The number of piperidine rings is 1. The van der Waals surface area contributed by atoms with Crippen molar-refractivity contribution in [2.75, 3.05) is 18.9 Å². The minimum atomic E-state index is -0.0649. The SMILES string of the molecule is Nc1c(C2CC2)c([C@@H]2C[C@H]3CC[C@@H](C2)N3C(=O)NCCO)nc2c(-c3ccc(-c4ccccc4)nc3)cnn12. The zero-order valence-electron chi connectivity index (χ0n) is 21.8. The van der Waals surface area contributed by atoms with E-state index in [4.69, 9.17) is 20.8 Å². The molecule has 1 aliphatic carbocycles. The number of nitrogen functional groups attached to an aromatic ring is 1. The van der Waals surface area contributed by atoms with E-state index in [1.54, 1.807) is 4.52 Å². The monoisotopic (exact) mass is 523 g/mol. The van der Waals surface area contributed by atoms with E-state index in [0.29, 0.717) is 11.7 Å². The molecule has 7 rings (SSSR count). The van der Waals surface area contributed by atoms with Crippen LogP contribution in [0.2, 0.25) is 0 Å². The number of anilines is 1. The van der Waals surface area contributed by atoms with Crippen LogP contribution in [-0.4, -0.2) is 60.9 Å². The third kappa shape index (κ3) is 4.21. The molecule has 2 aliphatic heterocycles. The summed E-state index contributed by atoms with van der Waals surface area (Å²) in [6.07, 6.45) is 9.73. The van der Waals surface area contributed by atoms with Crippen LogP contribution in [0, 0.1) is 0 Å². The average Bonchev–Trinajstić information content (AvgIpc) is 3.66. The van der Waals surface area contributed by atoms with E-state index >= 15 is 0 Å². The highest BCUT2D eigenvalue weighted by molar-refractivity contribution is 5.79. The van der Waals surface area contributed by atoms with E-state index in [1.807, 2.05) is 41.6 Å². The van der Waals surface area contributed by atoms with Crippen LogP contribution in [0.15, 0.2) is 54.9 Å². The molecule has 3 fully saturated rings. The van der Waals surface area contributed by atoms with Crippen molar-refractivity contribution in [2.24, 2.45) is 0 Å². The largest absolute Gasteiger partial charge is 0.395 e. The average molecular weight is 524 g/mol. The number of urea groups is 1. The second-order valence-corrected chi connectivity index (χ2v) is 11.1. The van der Waals surface area contributed by atoms with Gasteiger partial charge in [0.1, 0.15) is 5.82 Å². The predicted octanol–water partition coefficient (Wildman–Crippen LogP) is 4.33. The van der Waals surface area contributed by atoms with Gasteiger partial charge in [-0.05, 0) is 50.5 Å². The molecule has 9 heteroatoms. The first-order valence-electron chi connectivity index (χ1n) is 14.0. The maximum Gasteiger partial charge on any atom is 0.317 e. The molecule has 3 atom stereocenters. The van der Waals surface area contributed by atoms with E-state index in [0.717, 1.165) is 77.8 Å². The third-order valence-electron chi connectivity index (χ3n) is 8.62. The van der Waals surface area contributed by atoms with Crippen LogP contribution in [0.25, 0.3) is 28.0 Å². The topological polar surface area (TPSA) is 122 Å². The Morgan fingerprint density at radius 2 is 1.74 bits per heavy atom. The lowest BCUT2D eigenvalue weighted by Crippen LogP contribution is -2.51. The van der Waals surface area contributed by atoms with Gasteiger partial charge in [-0.25, -0.2) is 9.78 Å². The number of rotatable bonds is 6. The van der Waals surface area contributed by atoms with Gasteiger partial charge in [0, 0.05) is 53.0 Å². The highest BCUT2D eigenvalue weighted by Gasteiger charge is 2.45. The molecule has 5 heterocycles. The number of nitrogens with zero attached hydrogens (tertiary/aromatic N) is 5. The van der Waals surface area contributed by atoms with Crippen LogP contribution in [0.3, 0.4) is 0 Å². The van der Waals surface area contributed by atoms with E-state index in [9.17, 15) is 4.79 Å². The second-order valence-electron chi connectivity index (χ2n) is 11.1. The van der Waals surface area contributed by atoms with Gasteiger partial charge in [0.2, 0.25) is 0 Å². The van der Waals surface area contributed by atoms with Gasteiger partial charge >= 0.3 is 6.03 Å². The second kappa shape index (κ2) is 9.64. The summed E-state index contributed by atoms with van der Waals surface area (Å²) >= 11 is 0. The maximum atomic E-state index is 12.8. The summed E-state index contributed by atoms with van der Waals surface area (Å²) in [4.78, 5) is 24.8. The summed E-state index contributed by atoms with van der Waals surface area (Å²) in [7, 11) is 0.